The third-order valence-electron chi connectivity index (χ3n) is 2.94. The molecule has 0 aromatic carbocycles. The van der Waals surface area contributed by atoms with Crippen LogP contribution in [0.4, 0.5) is 0 Å². The van der Waals surface area contributed by atoms with Gasteiger partial charge in [0.25, 0.3) is 0 Å². The molecule has 0 spiro atoms. The number of aldehydes is 1. The molecule has 0 N–H and O–H groups in total. The van der Waals surface area contributed by atoms with Gasteiger partial charge in [0.15, 0.2) is 0 Å². The molecular formula is C17H22O. The lowest BCUT2D eigenvalue weighted by Gasteiger charge is -2.07. The highest BCUT2D eigenvalue weighted by Gasteiger charge is 1.98. The van der Waals surface area contributed by atoms with Gasteiger partial charge in [-0.2, -0.15) is 0 Å². The van der Waals surface area contributed by atoms with Gasteiger partial charge in [0.2, 0.25) is 0 Å². The Morgan fingerprint density at radius 1 is 1.11 bits per heavy atom. The third kappa shape index (κ3) is 6.19. The van der Waals surface area contributed by atoms with Gasteiger partial charge in [0, 0.05) is 0 Å². The molecule has 0 amide bonds. The Kier molecular flexibility index (Phi) is 6.78. The highest BCUT2D eigenvalue weighted by molar-refractivity contribution is 5.66. The molecule has 1 heteroatoms. The highest BCUT2D eigenvalue weighted by atomic mass is 16.1. The van der Waals surface area contributed by atoms with Crippen LogP contribution in [0.2, 0.25) is 0 Å². The van der Waals surface area contributed by atoms with Crippen molar-refractivity contribution < 1.29 is 4.79 Å². The first-order valence-corrected chi connectivity index (χ1v) is 6.56. The number of hydrogen-bond acceptors (Lipinski definition) is 1. The minimum atomic E-state index is 0.811. The number of carbonyl (C=O) groups is 1. The second-order valence-electron chi connectivity index (χ2n) is 4.67. The Labute approximate surface area is 110 Å². The van der Waals surface area contributed by atoms with E-state index in [2.05, 4.69) is 31.2 Å². The minimum absolute atomic E-state index is 0.811. The number of rotatable bonds is 5. The zero-order valence-electron chi connectivity index (χ0n) is 11.4. The molecule has 0 fully saturated rings. The van der Waals surface area contributed by atoms with Crippen molar-refractivity contribution in [3.8, 4) is 0 Å². The molecule has 96 valence electrons. The van der Waals surface area contributed by atoms with Crippen molar-refractivity contribution in [1.82, 2.24) is 0 Å². The van der Waals surface area contributed by atoms with Gasteiger partial charge in [-0.3, -0.25) is 4.79 Å². The van der Waals surface area contributed by atoms with E-state index < -0.39 is 0 Å². The molecule has 0 atom stereocenters. The first-order valence-electron chi connectivity index (χ1n) is 6.56. The van der Waals surface area contributed by atoms with E-state index in [-0.39, 0.29) is 0 Å². The smallest absolute Gasteiger partial charge is 0.143 e. The fourth-order valence-electron chi connectivity index (χ4n) is 1.82. The Bertz CT molecular complexity index is 417. The first-order chi connectivity index (χ1) is 8.72. The zero-order valence-corrected chi connectivity index (χ0v) is 11.4. The van der Waals surface area contributed by atoms with Crippen LogP contribution in [0.25, 0.3) is 0 Å². The maximum Gasteiger partial charge on any atom is 0.143 e. The van der Waals surface area contributed by atoms with Crippen molar-refractivity contribution in [1.29, 1.82) is 0 Å². The van der Waals surface area contributed by atoms with E-state index in [1.54, 1.807) is 6.08 Å². The van der Waals surface area contributed by atoms with Gasteiger partial charge in [-0.15, -0.1) is 0 Å². The largest absolute Gasteiger partial charge is 0.299 e. The molecule has 1 rings (SSSR count). The van der Waals surface area contributed by atoms with Crippen LogP contribution in [-0.2, 0) is 4.79 Å². The SMILES string of the molecule is CC(=C/C=O)/C=C/C=C(C)/C=C/C1=CCCCC1. The highest BCUT2D eigenvalue weighted by Crippen LogP contribution is 2.18. The van der Waals surface area contributed by atoms with Crippen LogP contribution in [0.1, 0.15) is 39.5 Å². The van der Waals surface area contributed by atoms with E-state index >= 15 is 0 Å². The van der Waals surface area contributed by atoms with Gasteiger partial charge >= 0.3 is 0 Å². The minimum Gasteiger partial charge on any atom is -0.299 e. The summed E-state index contributed by atoms with van der Waals surface area (Å²) in [5, 5.41) is 0. The van der Waals surface area contributed by atoms with Crippen molar-refractivity contribution in [3.63, 3.8) is 0 Å². The number of hydrogen-bond donors (Lipinski definition) is 0. The van der Waals surface area contributed by atoms with Crippen molar-refractivity contribution in [2.75, 3.05) is 0 Å². The summed E-state index contributed by atoms with van der Waals surface area (Å²) in [5.74, 6) is 0. The molecule has 0 radical (unpaired) electrons. The molecule has 1 nitrogen and oxygen atoms in total. The first kappa shape index (κ1) is 14.4. The van der Waals surface area contributed by atoms with E-state index in [1.807, 2.05) is 19.1 Å². The predicted octanol–water partition coefficient (Wildman–Crippen LogP) is 4.69. The van der Waals surface area contributed by atoms with E-state index in [9.17, 15) is 4.79 Å². The summed E-state index contributed by atoms with van der Waals surface area (Å²) in [4.78, 5) is 10.2. The summed E-state index contributed by atoms with van der Waals surface area (Å²) in [5.41, 5.74) is 3.64. The lowest BCUT2D eigenvalue weighted by molar-refractivity contribution is -0.104. The molecule has 0 saturated carbocycles. The molecule has 1 aliphatic rings. The van der Waals surface area contributed by atoms with Crippen LogP contribution >= 0.6 is 0 Å². The van der Waals surface area contributed by atoms with Crippen LogP contribution in [0, 0.1) is 0 Å². The average Bonchev–Trinajstić information content (AvgIpc) is 2.38. The lowest BCUT2D eigenvalue weighted by Crippen LogP contribution is -1.88. The second-order valence-corrected chi connectivity index (χ2v) is 4.67. The maximum atomic E-state index is 10.2. The molecular weight excluding hydrogens is 220 g/mol. The van der Waals surface area contributed by atoms with Crippen molar-refractivity contribution in [2.24, 2.45) is 0 Å². The summed E-state index contributed by atoms with van der Waals surface area (Å²) in [6.07, 6.45) is 20.1. The van der Waals surface area contributed by atoms with Gasteiger partial charge in [-0.05, 0) is 51.2 Å². The zero-order chi connectivity index (χ0) is 13.2. The molecule has 0 unspecified atom stereocenters. The Balaban J connectivity index is 2.51. The molecule has 0 heterocycles. The molecule has 0 aliphatic heterocycles. The summed E-state index contributed by atoms with van der Waals surface area (Å²) in [6.45, 7) is 4.00. The summed E-state index contributed by atoms with van der Waals surface area (Å²) >= 11 is 0. The molecule has 1 aliphatic carbocycles. The van der Waals surface area contributed by atoms with E-state index in [0.717, 1.165) is 11.9 Å². The number of carbonyl (C=O) groups excluding carboxylic acids is 1. The quantitative estimate of drug-likeness (QED) is 0.388. The normalized spacial score (nSPS) is 18.4. The third-order valence-corrected chi connectivity index (χ3v) is 2.94. The van der Waals surface area contributed by atoms with Crippen LogP contribution < -0.4 is 0 Å². The van der Waals surface area contributed by atoms with Crippen LogP contribution in [-0.4, -0.2) is 6.29 Å². The monoisotopic (exact) mass is 242 g/mol. The summed E-state index contributed by atoms with van der Waals surface area (Å²) in [7, 11) is 0. The van der Waals surface area contributed by atoms with Gasteiger partial charge in [-0.25, -0.2) is 0 Å². The maximum absolute atomic E-state index is 10.2. The van der Waals surface area contributed by atoms with Gasteiger partial charge in [0.1, 0.15) is 6.29 Å². The number of allylic oxidation sites excluding steroid dienone is 10. The van der Waals surface area contributed by atoms with Gasteiger partial charge < -0.3 is 0 Å². The predicted molar refractivity (Wildman–Crippen MR) is 78.4 cm³/mol. The van der Waals surface area contributed by atoms with Gasteiger partial charge in [0.05, 0.1) is 0 Å². The van der Waals surface area contributed by atoms with Crippen molar-refractivity contribution >= 4 is 6.29 Å². The topological polar surface area (TPSA) is 17.1 Å². The van der Waals surface area contributed by atoms with Crippen molar-refractivity contribution in [3.05, 3.63) is 59.3 Å². The molecule has 0 bridgehead atoms. The Hall–Kier alpha value is -1.63. The molecule has 0 aromatic rings. The van der Waals surface area contributed by atoms with Crippen molar-refractivity contribution in [2.45, 2.75) is 39.5 Å². The lowest BCUT2D eigenvalue weighted by atomic mass is 9.99. The van der Waals surface area contributed by atoms with E-state index in [1.165, 1.54) is 36.8 Å². The van der Waals surface area contributed by atoms with Crippen LogP contribution in [0.3, 0.4) is 0 Å². The fourth-order valence-corrected chi connectivity index (χ4v) is 1.82. The molecule has 0 saturated heterocycles. The fraction of sp³-hybridized carbons (Fsp3) is 0.353. The standard InChI is InChI=1S/C17H22O/c1-15(7-6-8-16(2)13-14-18)11-12-17-9-4-3-5-10-17/h6-9,11-14H,3-5,10H2,1-2H3/b8-6+,12-11+,15-7+,16-13-. The Morgan fingerprint density at radius 3 is 2.56 bits per heavy atom. The summed E-state index contributed by atoms with van der Waals surface area (Å²) in [6, 6.07) is 0. The van der Waals surface area contributed by atoms with Crippen LogP contribution in [0.15, 0.2) is 59.3 Å². The average molecular weight is 242 g/mol. The summed E-state index contributed by atoms with van der Waals surface area (Å²) < 4.78 is 0. The molecule has 0 aromatic heterocycles. The molecule has 18 heavy (non-hydrogen) atoms. The second kappa shape index (κ2) is 8.46. The van der Waals surface area contributed by atoms with Crippen LogP contribution in [0.5, 0.6) is 0 Å². The van der Waals surface area contributed by atoms with E-state index in [0.29, 0.717) is 0 Å². The Morgan fingerprint density at radius 2 is 1.89 bits per heavy atom. The van der Waals surface area contributed by atoms with E-state index in [4.69, 9.17) is 0 Å². The van der Waals surface area contributed by atoms with Gasteiger partial charge in [-0.1, -0.05) is 47.6 Å².